The second-order valence-corrected chi connectivity index (χ2v) is 7.93. The number of aliphatic carboxylic acids is 1. The maximum absolute atomic E-state index is 13.4. The van der Waals surface area contributed by atoms with Crippen LogP contribution in [0.1, 0.15) is 16.7 Å². The SMILES string of the molecule is Cc1ccc(-c2nn(-c3ccc(F)cc3)cc2CN[C@H](Cc2c[nH]n(C)c2=O)C(=O)O)cc1. The zero-order valence-corrected chi connectivity index (χ0v) is 18.2. The number of carboxylic acid groups (broad SMARTS) is 1. The second kappa shape index (κ2) is 9.25. The van der Waals surface area contributed by atoms with Crippen LogP contribution in [0.2, 0.25) is 0 Å². The van der Waals surface area contributed by atoms with Crippen molar-refractivity contribution in [1.82, 2.24) is 24.9 Å². The zero-order valence-electron chi connectivity index (χ0n) is 18.2. The molecule has 170 valence electrons. The van der Waals surface area contributed by atoms with Crippen LogP contribution in [0.4, 0.5) is 4.39 Å². The van der Waals surface area contributed by atoms with Crippen molar-refractivity contribution in [3.8, 4) is 16.9 Å². The monoisotopic (exact) mass is 449 g/mol. The number of nitrogens with zero attached hydrogens (tertiary/aromatic N) is 3. The van der Waals surface area contributed by atoms with Crippen molar-refractivity contribution in [3.63, 3.8) is 0 Å². The van der Waals surface area contributed by atoms with Gasteiger partial charge >= 0.3 is 5.97 Å². The molecule has 0 saturated heterocycles. The Hall–Kier alpha value is -3.98. The Labute approximate surface area is 189 Å². The van der Waals surface area contributed by atoms with E-state index in [0.29, 0.717) is 16.9 Å². The van der Waals surface area contributed by atoms with Crippen LogP contribution >= 0.6 is 0 Å². The average molecular weight is 449 g/mol. The van der Waals surface area contributed by atoms with Crippen LogP contribution in [0.25, 0.3) is 16.9 Å². The molecule has 3 N–H and O–H groups in total. The summed E-state index contributed by atoms with van der Waals surface area (Å²) < 4.78 is 16.3. The largest absolute Gasteiger partial charge is 0.480 e. The summed E-state index contributed by atoms with van der Waals surface area (Å²) in [6.45, 7) is 2.21. The Kier molecular flexibility index (Phi) is 6.23. The zero-order chi connectivity index (χ0) is 23.5. The van der Waals surface area contributed by atoms with Gasteiger partial charge in [-0.1, -0.05) is 29.8 Å². The highest BCUT2D eigenvalue weighted by molar-refractivity contribution is 5.74. The summed E-state index contributed by atoms with van der Waals surface area (Å²) in [5.41, 5.74) is 4.26. The first-order chi connectivity index (χ1) is 15.8. The number of carbonyl (C=O) groups is 1. The van der Waals surface area contributed by atoms with Crippen molar-refractivity contribution < 1.29 is 14.3 Å². The number of hydrogen-bond acceptors (Lipinski definition) is 4. The molecule has 0 fully saturated rings. The van der Waals surface area contributed by atoms with Gasteiger partial charge in [0.1, 0.15) is 11.9 Å². The third-order valence-electron chi connectivity index (χ3n) is 5.48. The summed E-state index contributed by atoms with van der Waals surface area (Å²) in [7, 11) is 1.58. The summed E-state index contributed by atoms with van der Waals surface area (Å²) in [6.07, 6.45) is 3.35. The lowest BCUT2D eigenvalue weighted by Gasteiger charge is -2.13. The van der Waals surface area contributed by atoms with Gasteiger partial charge in [-0.15, -0.1) is 0 Å². The highest BCUT2D eigenvalue weighted by Gasteiger charge is 2.21. The quantitative estimate of drug-likeness (QED) is 0.384. The molecule has 0 radical (unpaired) electrons. The third kappa shape index (κ3) is 4.93. The van der Waals surface area contributed by atoms with E-state index < -0.39 is 12.0 Å². The average Bonchev–Trinajstić information content (AvgIpc) is 3.36. The molecule has 9 heteroatoms. The van der Waals surface area contributed by atoms with Gasteiger partial charge in [0, 0.05) is 49.1 Å². The Morgan fingerprint density at radius 1 is 1.15 bits per heavy atom. The molecule has 4 rings (SSSR count). The summed E-state index contributed by atoms with van der Waals surface area (Å²) >= 11 is 0. The number of carboxylic acids is 1. The molecule has 0 aliphatic heterocycles. The maximum atomic E-state index is 13.4. The van der Waals surface area contributed by atoms with Gasteiger partial charge in [-0.3, -0.25) is 19.6 Å². The lowest BCUT2D eigenvalue weighted by molar-refractivity contribution is -0.139. The first-order valence-electron chi connectivity index (χ1n) is 10.4. The normalized spacial score (nSPS) is 12.1. The van der Waals surface area contributed by atoms with Crippen LogP contribution in [-0.2, 0) is 24.8 Å². The summed E-state index contributed by atoms with van der Waals surface area (Å²) in [6, 6.07) is 12.9. The maximum Gasteiger partial charge on any atom is 0.321 e. The molecule has 8 nitrogen and oxygen atoms in total. The van der Waals surface area contributed by atoms with E-state index in [-0.39, 0.29) is 24.3 Å². The fourth-order valence-corrected chi connectivity index (χ4v) is 3.58. The predicted octanol–water partition coefficient (Wildman–Crippen LogP) is 2.80. The van der Waals surface area contributed by atoms with Gasteiger partial charge in [-0.05, 0) is 31.2 Å². The number of hydrogen-bond donors (Lipinski definition) is 3. The van der Waals surface area contributed by atoms with Crippen LogP contribution in [0.15, 0.2) is 65.7 Å². The minimum Gasteiger partial charge on any atom is -0.480 e. The lowest BCUT2D eigenvalue weighted by Crippen LogP contribution is -2.39. The van der Waals surface area contributed by atoms with Crippen molar-refractivity contribution in [2.75, 3.05) is 0 Å². The van der Waals surface area contributed by atoms with Gasteiger partial charge in [0.15, 0.2) is 0 Å². The number of H-pyrrole nitrogens is 1. The van der Waals surface area contributed by atoms with Crippen molar-refractivity contribution in [2.24, 2.45) is 7.05 Å². The van der Waals surface area contributed by atoms with Crippen molar-refractivity contribution >= 4 is 5.97 Å². The third-order valence-corrected chi connectivity index (χ3v) is 5.48. The fourth-order valence-electron chi connectivity index (χ4n) is 3.58. The van der Waals surface area contributed by atoms with Gasteiger partial charge < -0.3 is 10.2 Å². The molecule has 0 aliphatic carbocycles. The molecule has 0 aliphatic rings. The van der Waals surface area contributed by atoms with E-state index in [4.69, 9.17) is 0 Å². The van der Waals surface area contributed by atoms with Crippen molar-refractivity contribution in [1.29, 1.82) is 0 Å². The first kappa shape index (κ1) is 22.2. The molecule has 0 unspecified atom stereocenters. The van der Waals surface area contributed by atoms with Crippen LogP contribution in [0.5, 0.6) is 0 Å². The molecule has 2 aromatic heterocycles. The number of benzene rings is 2. The lowest BCUT2D eigenvalue weighted by atomic mass is 10.1. The molecule has 0 saturated carbocycles. The summed E-state index contributed by atoms with van der Waals surface area (Å²) in [5.74, 6) is -1.40. The van der Waals surface area contributed by atoms with Crippen LogP contribution in [0, 0.1) is 12.7 Å². The predicted molar refractivity (Wildman–Crippen MR) is 122 cm³/mol. The summed E-state index contributed by atoms with van der Waals surface area (Å²) in [4.78, 5) is 24.0. The van der Waals surface area contributed by atoms with Gasteiger partial charge in [0.05, 0.1) is 11.4 Å². The first-order valence-corrected chi connectivity index (χ1v) is 10.4. The van der Waals surface area contributed by atoms with Crippen LogP contribution in [0.3, 0.4) is 0 Å². The van der Waals surface area contributed by atoms with Crippen LogP contribution in [-0.4, -0.2) is 36.7 Å². The minimum atomic E-state index is -1.05. The van der Waals surface area contributed by atoms with E-state index in [1.807, 2.05) is 31.2 Å². The molecule has 0 amide bonds. The molecule has 0 spiro atoms. The van der Waals surface area contributed by atoms with E-state index in [0.717, 1.165) is 16.7 Å². The Morgan fingerprint density at radius 3 is 2.45 bits per heavy atom. The second-order valence-electron chi connectivity index (χ2n) is 7.93. The van der Waals surface area contributed by atoms with Gasteiger partial charge in [-0.25, -0.2) is 9.07 Å². The van der Waals surface area contributed by atoms with E-state index >= 15 is 0 Å². The number of nitrogens with one attached hydrogen (secondary N) is 2. The van der Waals surface area contributed by atoms with Crippen molar-refractivity contribution in [3.05, 3.63) is 93.8 Å². The van der Waals surface area contributed by atoms with E-state index in [1.165, 1.54) is 23.0 Å². The number of aromatic amines is 1. The van der Waals surface area contributed by atoms with Crippen LogP contribution < -0.4 is 10.9 Å². The standard InChI is InChI=1S/C24H24FN5O3/c1-15-3-5-16(6-4-15)22-18(14-30(28-22)20-9-7-19(25)8-10-20)12-26-21(24(32)33)11-17-13-27-29(2)23(17)31/h3-10,13-14,21,26-27H,11-12H2,1-2H3,(H,32,33)/t21-/m1/s1. The summed E-state index contributed by atoms with van der Waals surface area (Å²) in [5, 5.41) is 20.2. The van der Waals surface area contributed by atoms with E-state index in [2.05, 4.69) is 15.5 Å². The fraction of sp³-hybridized carbons (Fsp3) is 0.208. The Bertz CT molecular complexity index is 1320. The Morgan fingerprint density at radius 2 is 1.85 bits per heavy atom. The topological polar surface area (TPSA) is 105 Å². The number of rotatable bonds is 8. The smallest absolute Gasteiger partial charge is 0.321 e. The van der Waals surface area contributed by atoms with Crippen molar-refractivity contribution in [2.45, 2.75) is 25.9 Å². The van der Waals surface area contributed by atoms with E-state index in [1.54, 1.807) is 30.1 Å². The van der Waals surface area contributed by atoms with Gasteiger partial charge in [0.2, 0.25) is 0 Å². The van der Waals surface area contributed by atoms with Gasteiger partial charge in [0.25, 0.3) is 5.56 Å². The molecule has 4 aromatic rings. The number of aryl methyl sites for hydroxylation is 2. The Balaban J connectivity index is 1.63. The highest BCUT2D eigenvalue weighted by Crippen LogP contribution is 2.24. The van der Waals surface area contributed by atoms with E-state index in [9.17, 15) is 19.1 Å². The number of halogens is 1. The molecule has 0 bridgehead atoms. The molecule has 2 heterocycles. The molecule has 2 aromatic carbocycles. The molecular weight excluding hydrogens is 425 g/mol. The molecule has 1 atom stereocenters. The molecule has 33 heavy (non-hydrogen) atoms. The highest BCUT2D eigenvalue weighted by atomic mass is 19.1. The van der Waals surface area contributed by atoms with Gasteiger partial charge in [-0.2, -0.15) is 5.10 Å². The minimum absolute atomic E-state index is 0.0392. The molecular formula is C24H24FN5O3. The number of aromatic nitrogens is 4.